The minimum absolute atomic E-state index is 0.0790. The topological polar surface area (TPSA) is 74.0 Å². The monoisotopic (exact) mass is 198 g/mol. The Bertz CT molecular complexity index is 585. The van der Waals surface area contributed by atoms with E-state index in [1.807, 2.05) is 6.07 Å². The number of carbonyl (C=O) groups is 1. The van der Waals surface area contributed by atoms with Crippen molar-refractivity contribution in [3.8, 4) is 6.07 Å². The van der Waals surface area contributed by atoms with Crippen molar-refractivity contribution in [1.29, 1.82) is 5.26 Å². The lowest BCUT2D eigenvalue weighted by Gasteiger charge is -2.01. The highest BCUT2D eigenvalue weighted by Crippen LogP contribution is 2.18. The van der Waals surface area contributed by atoms with Gasteiger partial charge in [-0.15, -0.1) is 0 Å². The van der Waals surface area contributed by atoms with Crippen molar-refractivity contribution in [2.45, 2.75) is 0 Å². The van der Waals surface area contributed by atoms with Crippen molar-refractivity contribution in [1.82, 2.24) is 4.98 Å². The molecule has 0 bridgehead atoms. The fraction of sp³-hybridized carbons (Fsp3) is 0. The van der Waals surface area contributed by atoms with Crippen LogP contribution in [0.3, 0.4) is 0 Å². The van der Waals surface area contributed by atoms with Gasteiger partial charge < -0.3 is 5.11 Å². The molecule has 2 aromatic rings. The molecule has 1 aromatic carbocycles. The Morgan fingerprint density at radius 2 is 2.13 bits per heavy atom. The van der Waals surface area contributed by atoms with Crippen LogP contribution in [0.2, 0.25) is 0 Å². The molecular weight excluding hydrogens is 192 g/mol. The maximum atomic E-state index is 10.9. The Morgan fingerprint density at radius 3 is 2.80 bits per heavy atom. The van der Waals surface area contributed by atoms with Gasteiger partial charge in [-0.2, -0.15) is 5.26 Å². The summed E-state index contributed by atoms with van der Waals surface area (Å²) in [7, 11) is 0. The molecule has 2 rings (SSSR count). The highest BCUT2D eigenvalue weighted by molar-refractivity contribution is 6.02. The van der Waals surface area contributed by atoms with Crippen LogP contribution < -0.4 is 0 Å². The summed E-state index contributed by atoms with van der Waals surface area (Å²) in [6.45, 7) is 0. The van der Waals surface area contributed by atoms with Crippen LogP contribution in [0, 0.1) is 11.3 Å². The molecule has 0 saturated carbocycles. The van der Waals surface area contributed by atoms with Gasteiger partial charge in [-0.25, -0.2) is 9.78 Å². The van der Waals surface area contributed by atoms with E-state index in [-0.39, 0.29) is 11.4 Å². The van der Waals surface area contributed by atoms with E-state index in [0.29, 0.717) is 10.8 Å². The second kappa shape index (κ2) is 3.39. The number of carboxylic acid groups (broad SMARTS) is 1. The van der Waals surface area contributed by atoms with Crippen LogP contribution in [0.15, 0.2) is 30.3 Å². The first kappa shape index (κ1) is 9.16. The number of aromatic nitrogens is 1. The molecule has 1 N–H and O–H groups in total. The number of hydrogen-bond donors (Lipinski definition) is 1. The van der Waals surface area contributed by atoms with E-state index >= 15 is 0 Å². The molecular formula is C11H6N2O2. The fourth-order valence-corrected chi connectivity index (χ4v) is 1.42. The third-order valence-corrected chi connectivity index (χ3v) is 2.06. The molecule has 0 aliphatic carbocycles. The van der Waals surface area contributed by atoms with Crippen molar-refractivity contribution in [2.75, 3.05) is 0 Å². The Labute approximate surface area is 85.4 Å². The van der Waals surface area contributed by atoms with E-state index in [0.717, 1.165) is 0 Å². The van der Waals surface area contributed by atoms with Gasteiger partial charge in [0.2, 0.25) is 0 Å². The number of carboxylic acids is 1. The van der Waals surface area contributed by atoms with E-state index < -0.39 is 5.97 Å². The van der Waals surface area contributed by atoms with Crippen molar-refractivity contribution in [2.24, 2.45) is 0 Å². The predicted octanol–water partition coefficient (Wildman–Crippen LogP) is 1.80. The van der Waals surface area contributed by atoms with Gasteiger partial charge in [0.1, 0.15) is 11.8 Å². The van der Waals surface area contributed by atoms with Crippen LogP contribution in [-0.4, -0.2) is 16.1 Å². The predicted molar refractivity (Wildman–Crippen MR) is 53.4 cm³/mol. The Balaban J connectivity index is 2.88. The van der Waals surface area contributed by atoms with Crippen LogP contribution in [0.25, 0.3) is 10.8 Å². The highest BCUT2D eigenvalue weighted by atomic mass is 16.4. The van der Waals surface area contributed by atoms with Crippen molar-refractivity contribution in [3.63, 3.8) is 0 Å². The van der Waals surface area contributed by atoms with Gasteiger partial charge in [-0.3, -0.25) is 0 Å². The van der Waals surface area contributed by atoms with E-state index in [1.165, 1.54) is 0 Å². The molecule has 4 heteroatoms. The third kappa shape index (κ3) is 1.51. The smallest absolute Gasteiger partial charge is 0.355 e. The minimum Gasteiger partial charge on any atom is -0.476 e. The number of nitrogens with zero attached hydrogens (tertiary/aromatic N) is 2. The molecule has 0 spiro atoms. The number of rotatable bonds is 1. The van der Waals surface area contributed by atoms with Gasteiger partial charge in [0.15, 0.2) is 5.69 Å². The van der Waals surface area contributed by atoms with Crippen molar-refractivity contribution in [3.05, 3.63) is 41.7 Å². The van der Waals surface area contributed by atoms with E-state index in [4.69, 9.17) is 10.4 Å². The minimum atomic E-state index is -1.12. The molecule has 0 unspecified atom stereocenters. The summed E-state index contributed by atoms with van der Waals surface area (Å²) in [5.74, 6) is -1.12. The van der Waals surface area contributed by atoms with E-state index in [2.05, 4.69) is 4.98 Å². The summed E-state index contributed by atoms with van der Waals surface area (Å²) >= 11 is 0. The molecule has 1 aromatic heterocycles. The highest BCUT2D eigenvalue weighted by Gasteiger charge is 2.11. The number of hydrogen-bond acceptors (Lipinski definition) is 3. The van der Waals surface area contributed by atoms with Crippen LogP contribution in [-0.2, 0) is 0 Å². The number of fused-ring (bicyclic) bond motifs is 1. The summed E-state index contributed by atoms with van der Waals surface area (Å²) in [6.07, 6.45) is 0. The maximum Gasteiger partial charge on any atom is 0.355 e. The van der Waals surface area contributed by atoms with E-state index in [1.54, 1.807) is 30.3 Å². The second-order valence-corrected chi connectivity index (χ2v) is 2.99. The van der Waals surface area contributed by atoms with Crippen molar-refractivity contribution < 1.29 is 9.90 Å². The SMILES string of the molecule is N#Cc1cc2ccccc2c(C(=O)O)n1. The quantitative estimate of drug-likeness (QED) is 0.758. The van der Waals surface area contributed by atoms with Crippen LogP contribution in [0.5, 0.6) is 0 Å². The summed E-state index contributed by atoms with van der Waals surface area (Å²) in [6, 6.07) is 10.4. The molecule has 4 nitrogen and oxygen atoms in total. The number of nitriles is 1. The molecule has 0 fully saturated rings. The maximum absolute atomic E-state index is 10.9. The lowest BCUT2D eigenvalue weighted by molar-refractivity contribution is 0.0693. The molecule has 15 heavy (non-hydrogen) atoms. The van der Waals surface area contributed by atoms with Gasteiger partial charge in [0.25, 0.3) is 0 Å². The molecule has 1 heterocycles. The fourth-order valence-electron chi connectivity index (χ4n) is 1.42. The number of pyridine rings is 1. The Kier molecular flexibility index (Phi) is 2.07. The first-order valence-electron chi connectivity index (χ1n) is 4.25. The van der Waals surface area contributed by atoms with E-state index in [9.17, 15) is 4.79 Å². The number of aromatic carboxylic acids is 1. The van der Waals surface area contributed by atoms with Gasteiger partial charge >= 0.3 is 5.97 Å². The normalized spacial score (nSPS) is 9.80. The van der Waals surface area contributed by atoms with Crippen molar-refractivity contribution >= 4 is 16.7 Å². The van der Waals surface area contributed by atoms with Crippen LogP contribution in [0.4, 0.5) is 0 Å². The van der Waals surface area contributed by atoms with Gasteiger partial charge in [0, 0.05) is 5.39 Å². The third-order valence-electron chi connectivity index (χ3n) is 2.06. The Morgan fingerprint density at radius 1 is 1.40 bits per heavy atom. The second-order valence-electron chi connectivity index (χ2n) is 2.99. The van der Waals surface area contributed by atoms with Gasteiger partial charge in [-0.1, -0.05) is 24.3 Å². The molecule has 0 atom stereocenters. The van der Waals surface area contributed by atoms with Gasteiger partial charge in [0.05, 0.1) is 0 Å². The summed E-state index contributed by atoms with van der Waals surface area (Å²) in [5.41, 5.74) is 0.0377. The molecule has 0 radical (unpaired) electrons. The zero-order valence-electron chi connectivity index (χ0n) is 7.64. The molecule has 0 aliphatic heterocycles. The standard InChI is InChI=1S/C11H6N2O2/c12-6-8-5-7-3-1-2-4-9(7)10(13-8)11(14)15/h1-5H,(H,14,15). The molecule has 0 saturated heterocycles. The molecule has 72 valence electrons. The first-order chi connectivity index (χ1) is 7.22. The Hall–Kier alpha value is -2.41. The zero-order chi connectivity index (χ0) is 10.8. The van der Waals surface area contributed by atoms with Crippen LogP contribution in [0.1, 0.15) is 16.2 Å². The molecule has 0 aliphatic rings. The first-order valence-corrected chi connectivity index (χ1v) is 4.25. The summed E-state index contributed by atoms with van der Waals surface area (Å²) in [5, 5.41) is 18.9. The lowest BCUT2D eigenvalue weighted by Crippen LogP contribution is -2.02. The summed E-state index contributed by atoms with van der Waals surface area (Å²) < 4.78 is 0. The average molecular weight is 198 g/mol. The van der Waals surface area contributed by atoms with Crippen LogP contribution >= 0.6 is 0 Å². The van der Waals surface area contributed by atoms with Gasteiger partial charge in [-0.05, 0) is 11.5 Å². The zero-order valence-corrected chi connectivity index (χ0v) is 7.64. The largest absolute Gasteiger partial charge is 0.476 e. The molecule has 0 amide bonds. The number of benzene rings is 1. The average Bonchev–Trinajstić information content (AvgIpc) is 2.27. The lowest BCUT2D eigenvalue weighted by atomic mass is 10.1. The summed E-state index contributed by atoms with van der Waals surface area (Å²) in [4.78, 5) is 14.7.